The molecule has 1 aromatic heterocycles. The van der Waals surface area contributed by atoms with Gasteiger partial charge in [-0.05, 0) is 43.5 Å². The van der Waals surface area contributed by atoms with E-state index in [0.717, 1.165) is 24.2 Å². The van der Waals surface area contributed by atoms with Crippen molar-refractivity contribution in [1.82, 2.24) is 4.90 Å². The molecule has 1 aliphatic heterocycles. The van der Waals surface area contributed by atoms with Crippen LogP contribution in [0.2, 0.25) is 0 Å². The number of sulfone groups is 1. The fraction of sp³-hybridized carbons (Fsp3) is 0.294. The van der Waals surface area contributed by atoms with Crippen molar-refractivity contribution in [2.75, 3.05) is 6.54 Å². The molecule has 1 atom stereocenters. The fourth-order valence-corrected chi connectivity index (χ4v) is 5.55. The number of carbonyl (C=O) groups excluding carboxylic acids is 1. The molecule has 2 aromatic rings. The summed E-state index contributed by atoms with van der Waals surface area (Å²) in [4.78, 5) is 25.8. The number of carboxylic acids is 1. The normalized spacial score (nSPS) is 18.1. The highest BCUT2D eigenvalue weighted by Crippen LogP contribution is 2.30. The van der Waals surface area contributed by atoms with Crippen molar-refractivity contribution < 1.29 is 23.1 Å². The van der Waals surface area contributed by atoms with Gasteiger partial charge in [0, 0.05) is 6.54 Å². The molecule has 3 rings (SSSR count). The number of carboxylic acid groups (broad SMARTS) is 1. The van der Waals surface area contributed by atoms with Crippen LogP contribution in [0.15, 0.2) is 51.6 Å². The summed E-state index contributed by atoms with van der Waals surface area (Å²) < 4.78 is 25.3. The first-order valence-electron chi connectivity index (χ1n) is 7.85. The van der Waals surface area contributed by atoms with Crippen LogP contribution < -0.4 is 0 Å². The topological polar surface area (TPSA) is 91.8 Å². The first-order valence-corrected chi connectivity index (χ1v) is 10.1. The second-order valence-corrected chi connectivity index (χ2v) is 9.04. The molecule has 1 N–H and O–H groups in total. The zero-order valence-electron chi connectivity index (χ0n) is 13.3. The molecule has 2 heterocycles. The third-order valence-corrected chi connectivity index (χ3v) is 7.49. The molecule has 0 saturated carbocycles. The van der Waals surface area contributed by atoms with E-state index in [-0.39, 0.29) is 14.0 Å². The minimum atomic E-state index is -3.68. The van der Waals surface area contributed by atoms with E-state index in [1.165, 1.54) is 29.2 Å². The first kappa shape index (κ1) is 17.6. The lowest BCUT2D eigenvalue weighted by Crippen LogP contribution is -2.47. The Morgan fingerprint density at radius 2 is 1.80 bits per heavy atom. The Balaban J connectivity index is 1.88. The summed E-state index contributed by atoms with van der Waals surface area (Å²) in [6.07, 6.45) is 1.93. The molecule has 0 bridgehead atoms. The van der Waals surface area contributed by atoms with Crippen LogP contribution >= 0.6 is 11.3 Å². The molecular formula is C17H17NO5S2. The second kappa shape index (κ2) is 6.97. The average molecular weight is 379 g/mol. The molecule has 1 amide bonds. The summed E-state index contributed by atoms with van der Waals surface area (Å²) in [6.45, 7) is 0.370. The maximum Gasteiger partial charge on any atom is 0.326 e. The van der Waals surface area contributed by atoms with Crippen molar-refractivity contribution in [2.24, 2.45) is 0 Å². The molecule has 1 fully saturated rings. The zero-order chi connectivity index (χ0) is 18.0. The maximum absolute atomic E-state index is 12.7. The number of thiophene rings is 1. The summed E-state index contributed by atoms with van der Waals surface area (Å²) >= 11 is 0.878. The van der Waals surface area contributed by atoms with Gasteiger partial charge >= 0.3 is 5.97 Å². The van der Waals surface area contributed by atoms with E-state index in [4.69, 9.17) is 0 Å². The SMILES string of the molecule is O=C(O)[C@H]1CCCCN1C(=O)c1ccc(S(=O)(=O)c2ccccc2)s1. The largest absolute Gasteiger partial charge is 0.480 e. The van der Waals surface area contributed by atoms with Crippen molar-refractivity contribution in [1.29, 1.82) is 0 Å². The molecule has 1 saturated heterocycles. The van der Waals surface area contributed by atoms with Crippen LogP contribution in [-0.4, -0.2) is 42.9 Å². The molecule has 0 aliphatic carbocycles. The van der Waals surface area contributed by atoms with Crippen molar-refractivity contribution in [3.8, 4) is 0 Å². The third-order valence-electron chi connectivity index (χ3n) is 4.16. The van der Waals surface area contributed by atoms with Gasteiger partial charge in [-0.1, -0.05) is 18.2 Å². The number of benzene rings is 1. The molecule has 132 valence electrons. The highest BCUT2D eigenvalue weighted by atomic mass is 32.2. The molecule has 6 nitrogen and oxygen atoms in total. The minimum absolute atomic E-state index is 0.0749. The lowest BCUT2D eigenvalue weighted by atomic mass is 10.0. The number of hydrogen-bond acceptors (Lipinski definition) is 5. The predicted molar refractivity (Wildman–Crippen MR) is 92.5 cm³/mol. The van der Waals surface area contributed by atoms with Crippen LogP contribution in [0.4, 0.5) is 0 Å². The van der Waals surface area contributed by atoms with Gasteiger partial charge in [-0.15, -0.1) is 11.3 Å². The number of hydrogen-bond donors (Lipinski definition) is 1. The third kappa shape index (κ3) is 3.45. The van der Waals surface area contributed by atoms with Crippen LogP contribution in [0.25, 0.3) is 0 Å². The van der Waals surface area contributed by atoms with Gasteiger partial charge in [-0.25, -0.2) is 13.2 Å². The van der Waals surface area contributed by atoms with Gasteiger partial charge in [-0.3, -0.25) is 4.79 Å². The average Bonchev–Trinajstić information content (AvgIpc) is 3.13. The Bertz CT molecular complexity index is 889. The smallest absolute Gasteiger partial charge is 0.326 e. The van der Waals surface area contributed by atoms with Crippen molar-refractivity contribution >= 4 is 33.1 Å². The summed E-state index contributed by atoms with van der Waals surface area (Å²) in [6, 6.07) is 10.0. The first-order chi connectivity index (χ1) is 11.9. The van der Waals surface area contributed by atoms with Gasteiger partial charge in [0.05, 0.1) is 9.77 Å². The van der Waals surface area contributed by atoms with Crippen LogP contribution in [0.3, 0.4) is 0 Å². The summed E-state index contributed by atoms with van der Waals surface area (Å²) in [7, 11) is -3.68. The van der Waals surface area contributed by atoms with Crippen LogP contribution in [0.1, 0.15) is 28.9 Å². The summed E-state index contributed by atoms with van der Waals surface area (Å²) in [5.41, 5.74) is 0. The molecule has 8 heteroatoms. The van der Waals surface area contributed by atoms with Gasteiger partial charge in [0.2, 0.25) is 9.84 Å². The van der Waals surface area contributed by atoms with E-state index in [0.29, 0.717) is 13.0 Å². The van der Waals surface area contributed by atoms with E-state index in [2.05, 4.69) is 0 Å². The lowest BCUT2D eigenvalue weighted by molar-refractivity contribution is -0.143. The molecule has 0 spiro atoms. The Labute approximate surface area is 149 Å². The van der Waals surface area contributed by atoms with E-state index in [9.17, 15) is 23.1 Å². The number of piperidine rings is 1. The van der Waals surface area contributed by atoms with Gasteiger partial charge < -0.3 is 10.0 Å². The molecule has 1 aromatic carbocycles. The Morgan fingerprint density at radius 1 is 1.08 bits per heavy atom. The Kier molecular flexibility index (Phi) is 4.91. The maximum atomic E-state index is 12.7. The zero-order valence-corrected chi connectivity index (χ0v) is 14.9. The number of rotatable bonds is 4. The second-order valence-electron chi connectivity index (χ2n) is 5.78. The monoisotopic (exact) mass is 379 g/mol. The van der Waals surface area contributed by atoms with Crippen molar-refractivity contribution in [2.45, 2.75) is 34.4 Å². The standard InChI is InChI=1S/C17H17NO5S2/c19-16(18-11-5-4-8-13(18)17(20)21)14-9-10-15(24-14)25(22,23)12-6-2-1-3-7-12/h1-3,6-7,9-10,13H,4-5,8,11H2,(H,20,21)/t13-/m1/s1. The van der Waals surface area contributed by atoms with Crippen molar-refractivity contribution in [3.63, 3.8) is 0 Å². The van der Waals surface area contributed by atoms with E-state index >= 15 is 0 Å². The van der Waals surface area contributed by atoms with E-state index < -0.39 is 27.8 Å². The molecule has 0 unspecified atom stereocenters. The highest BCUT2D eigenvalue weighted by molar-refractivity contribution is 7.93. The fourth-order valence-electron chi connectivity index (χ4n) is 2.87. The molecule has 0 radical (unpaired) electrons. The number of likely N-dealkylation sites (tertiary alicyclic amines) is 1. The number of carbonyl (C=O) groups is 2. The van der Waals surface area contributed by atoms with E-state index in [1.807, 2.05) is 0 Å². The Hall–Kier alpha value is -2.19. The van der Waals surface area contributed by atoms with Crippen LogP contribution in [-0.2, 0) is 14.6 Å². The number of amides is 1. The summed E-state index contributed by atoms with van der Waals surface area (Å²) in [5, 5.41) is 9.30. The van der Waals surface area contributed by atoms with Crippen LogP contribution in [0, 0.1) is 0 Å². The highest BCUT2D eigenvalue weighted by Gasteiger charge is 2.33. The molecular weight excluding hydrogens is 362 g/mol. The van der Waals surface area contributed by atoms with Gasteiger partial charge in [0.15, 0.2) is 0 Å². The van der Waals surface area contributed by atoms with E-state index in [1.54, 1.807) is 18.2 Å². The number of aliphatic carboxylic acids is 1. The number of nitrogens with zero attached hydrogens (tertiary/aromatic N) is 1. The van der Waals surface area contributed by atoms with Crippen molar-refractivity contribution in [3.05, 3.63) is 47.3 Å². The van der Waals surface area contributed by atoms with Gasteiger partial charge in [-0.2, -0.15) is 0 Å². The molecule has 1 aliphatic rings. The Morgan fingerprint density at radius 3 is 2.48 bits per heavy atom. The summed E-state index contributed by atoms with van der Waals surface area (Å²) in [5.74, 6) is -1.45. The van der Waals surface area contributed by atoms with Gasteiger partial charge in [0.25, 0.3) is 5.91 Å². The quantitative estimate of drug-likeness (QED) is 0.882. The van der Waals surface area contributed by atoms with Crippen LogP contribution in [0.5, 0.6) is 0 Å². The predicted octanol–water partition coefficient (Wildman–Crippen LogP) is 2.66. The minimum Gasteiger partial charge on any atom is -0.480 e. The molecule has 25 heavy (non-hydrogen) atoms. The lowest BCUT2D eigenvalue weighted by Gasteiger charge is -2.32. The van der Waals surface area contributed by atoms with Gasteiger partial charge in [0.1, 0.15) is 10.3 Å².